The Balaban J connectivity index is 1.20. The van der Waals surface area contributed by atoms with Gasteiger partial charge < -0.3 is 55.0 Å². The second-order valence-corrected chi connectivity index (χ2v) is 26.0. The summed E-state index contributed by atoms with van der Waals surface area (Å²) in [5, 5.41) is 21.6. The normalized spacial score (nSPS) is 23.8. The summed E-state index contributed by atoms with van der Waals surface area (Å²) in [5.41, 5.74) is 5.76. The highest BCUT2D eigenvalue weighted by molar-refractivity contribution is 9.09. The number of alkyl carbamates (subject to hydrolysis) is 1. The van der Waals surface area contributed by atoms with Gasteiger partial charge in [-0.25, -0.2) is 14.4 Å². The topological polar surface area (TPSA) is 305 Å². The number of nitrogens with two attached hydrogens (primary N) is 1. The van der Waals surface area contributed by atoms with Crippen LogP contribution in [0.2, 0.25) is 5.02 Å². The Morgan fingerprint density at radius 2 is 1.74 bits per heavy atom. The zero-order valence-electron chi connectivity index (χ0n) is 52.9. The third-order valence-corrected chi connectivity index (χ3v) is 19.3. The van der Waals surface area contributed by atoms with Crippen molar-refractivity contribution in [3.8, 4) is 0 Å². The number of esters is 2. The number of nitrogens with zero attached hydrogens (tertiary/aromatic N) is 3. The van der Waals surface area contributed by atoms with Crippen molar-refractivity contribution in [1.29, 1.82) is 0 Å². The lowest BCUT2D eigenvalue weighted by Gasteiger charge is -2.42. The number of alkyl halides is 2. The maximum atomic E-state index is 14.7. The van der Waals surface area contributed by atoms with Gasteiger partial charge in [0.2, 0.25) is 11.8 Å². The first-order chi connectivity index (χ1) is 42.6. The number of hydrogen-bond donors (Lipinski definition) is 5. The van der Waals surface area contributed by atoms with Gasteiger partial charge >= 0.3 is 24.1 Å². The molecule has 6 amide bonds. The quantitative estimate of drug-likeness (QED) is 0.0165. The van der Waals surface area contributed by atoms with Gasteiger partial charge in [0.1, 0.15) is 35.7 Å². The van der Waals surface area contributed by atoms with Crippen LogP contribution in [0.1, 0.15) is 126 Å². The molecule has 10 atom stereocenters. The summed E-state index contributed by atoms with van der Waals surface area (Å²) in [5.74, 6) is -5.23. The molecule has 6 N–H and O–H groups in total. The Morgan fingerprint density at radius 3 is 2.42 bits per heavy atom. The zero-order valence-corrected chi connectivity index (χ0v) is 56.8. The number of likely N-dealkylation sites (N-methyl/N-ethyl adjacent to an activating group) is 1. The second kappa shape index (κ2) is 32.8. The van der Waals surface area contributed by atoms with Crippen molar-refractivity contribution < 1.29 is 71.9 Å². The zero-order chi connectivity index (χ0) is 66.4. The maximum absolute atomic E-state index is 14.7. The van der Waals surface area contributed by atoms with Crippen LogP contribution in [-0.2, 0) is 65.3 Å². The fourth-order valence-electron chi connectivity index (χ4n) is 11.4. The number of rotatable bonds is 26. The average Bonchev–Trinajstić information content (AvgIpc) is 1.63. The fraction of sp³-hybridized carbons (Fsp3) is 0.569. The Hall–Kier alpha value is -6.31. The first-order valence-electron chi connectivity index (χ1n) is 30.4. The van der Waals surface area contributed by atoms with Gasteiger partial charge in [-0.05, 0) is 107 Å². The third-order valence-electron chi connectivity index (χ3n) is 17.2. The second-order valence-electron chi connectivity index (χ2n) is 24.3. The number of aromatic nitrogens is 1. The van der Waals surface area contributed by atoms with E-state index in [4.69, 9.17) is 41.0 Å². The number of aliphatic hydroxyl groups is 1. The molecule has 0 spiro atoms. The molecule has 25 heteroatoms. The minimum absolute atomic E-state index is 0.0498. The number of ketones is 2. The molecule has 0 aliphatic carbocycles. The highest BCUT2D eigenvalue weighted by Crippen LogP contribution is 2.49. The molecule has 2 aromatic carbocycles. The summed E-state index contributed by atoms with van der Waals surface area (Å²) in [6.45, 7) is 12.7. The highest BCUT2D eigenvalue weighted by atomic mass is 79.9. The van der Waals surface area contributed by atoms with Gasteiger partial charge in [0.05, 0.1) is 52.9 Å². The van der Waals surface area contributed by atoms with Gasteiger partial charge in [-0.1, -0.05) is 106 Å². The van der Waals surface area contributed by atoms with Gasteiger partial charge in [-0.3, -0.25) is 39.1 Å². The number of nitrogens with one attached hydrogen (secondary N) is 3. The van der Waals surface area contributed by atoms with Crippen molar-refractivity contribution in [2.75, 3.05) is 49.9 Å². The summed E-state index contributed by atoms with van der Waals surface area (Å²) in [6, 6.07) is 7.12. The van der Waals surface area contributed by atoms with Crippen LogP contribution < -0.4 is 26.6 Å². The minimum Gasteiger partial charge on any atom is -0.465 e. The fourth-order valence-corrected chi connectivity index (χ4v) is 13.3. The van der Waals surface area contributed by atoms with Crippen LogP contribution in [0.4, 0.5) is 15.3 Å². The predicted octanol–water partition coefficient (Wildman–Crippen LogP) is 8.46. The lowest BCUT2D eigenvalue weighted by molar-refractivity contribution is -0.158. The number of amides is 6. The number of allylic oxidation sites excluding steroid dienone is 3. The summed E-state index contributed by atoms with van der Waals surface area (Å²) in [4.78, 5) is 130. The lowest BCUT2D eigenvalue weighted by Crippen LogP contribution is -2.63. The number of benzene rings is 2. The van der Waals surface area contributed by atoms with E-state index in [1.165, 1.54) is 43.1 Å². The predicted molar refractivity (Wildman–Crippen MR) is 346 cm³/mol. The maximum Gasteiger partial charge on any atom is 0.409 e. The number of fused-ring (bicyclic) bond motifs is 6. The van der Waals surface area contributed by atoms with Gasteiger partial charge in [0.15, 0.2) is 11.5 Å². The van der Waals surface area contributed by atoms with Crippen LogP contribution in [0.25, 0.3) is 10.9 Å². The molecule has 2 saturated heterocycles. The number of methoxy groups -OCH3 is 1. The molecular formula is C65H86Br2ClN7O15. The Bertz CT molecular complexity index is 3200. The van der Waals surface area contributed by atoms with E-state index < -0.39 is 102 Å². The molecule has 2 fully saturated rings. The van der Waals surface area contributed by atoms with Crippen molar-refractivity contribution in [2.24, 2.45) is 29.4 Å². The Kier molecular flexibility index (Phi) is 26.5. The van der Waals surface area contributed by atoms with Crippen molar-refractivity contribution in [2.45, 2.75) is 167 Å². The van der Waals surface area contributed by atoms with E-state index in [-0.39, 0.29) is 92.1 Å². The van der Waals surface area contributed by atoms with Gasteiger partial charge in [-0.2, -0.15) is 0 Å². The van der Waals surface area contributed by atoms with Crippen molar-refractivity contribution in [3.63, 3.8) is 0 Å². The van der Waals surface area contributed by atoms with E-state index in [1.807, 2.05) is 45.9 Å². The molecule has 3 aromatic rings. The monoisotopic (exact) mass is 1400 g/mol. The van der Waals surface area contributed by atoms with Crippen LogP contribution in [0.5, 0.6) is 0 Å². The third kappa shape index (κ3) is 18.7. The smallest absolute Gasteiger partial charge is 0.409 e. The average molecular weight is 1400 g/mol. The molecule has 4 bridgehead atoms. The number of Topliss-reactive ketones (excluding diaryl/α,β-unsaturated/α-hetero) is 2. The summed E-state index contributed by atoms with van der Waals surface area (Å²) >= 11 is 13.5. The van der Waals surface area contributed by atoms with E-state index in [2.05, 4.69) is 52.8 Å². The number of epoxide rings is 1. The number of carbonyl (C=O) groups excluding carboxylic acids is 9. The number of pyridine rings is 1. The Morgan fingerprint density at radius 1 is 1.02 bits per heavy atom. The molecule has 0 unspecified atom stereocenters. The number of urea groups is 1. The van der Waals surface area contributed by atoms with Crippen LogP contribution >= 0.6 is 43.5 Å². The summed E-state index contributed by atoms with van der Waals surface area (Å²) in [6.07, 6.45) is 3.89. The standard InChI is InChI=1S/C65H86Br2ClN7O15/c1-36(2)47(31-44(76)18-12-11-13-26-87-61(82)43(34-66)35-67)58(79)72-48(20-16-25-71-62(69)83)50(77)30-42-22-23-46(56-45(42)19-15-24-70-56)59(80)74(8)40(6)60(81)89-53-32-54(78)75(9)49-29-41(28-38(4)55(49)68)27-37(3)17-14-21-52(86-10)65(85)33-51(88-63(84)73-65)39(5)57-64(53,7)90-57/h14-15,17,19,21-24,28-29,36,39-40,43,47-48,51-53,57,85H,11-13,16,18,20,25-27,30-35H2,1-10H3,(H,72,79)(H,73,84)(H3,69,71,83)/b21-14+,37-17+/t39-,40+,47+,48+,51+,52-,53+,57+,64+,65+/m1/s1. The highest BCUT2D eigenvalue weighted by Gasteiger charge is 2.64. The van der Waals surface area contributed by atoms with Gasteiger partial charge in [-0.15, -0.1) is 0 Å². The number of anilines is 1. The van der Waals surface area contributed by atoms with Crippen molar-refractivity contribution in [3.05, 3.63) is 93.7 Å². The van der Waals surface area contributed by atoms with E-state index in [0.29, 0.717) is 58.0 Å². The number of aryl methyl sites for hydroxylation is 1. The minimum atomic E-state index is -1.90. The number of carbonyl (C=O) groups is 9. The molecule has 3 aliphatic heterocycles. The number of unbranched alkanes of at least 4 members (excludes halogenated alkanes) is 2. The van der Waals surface area contributed by atoms with E-state index in [0.717, 1.165) is 16.7 Å². The van der Waals surface area contributed by atoms with E-state index in [9.17, 15) is 48.3 Å². The molecule has 6 rings (SSSR count). The van der Waals surface area contributed by atoms with Gasteiger partial charge in [0.25, 0.3) is 5.91 Å². The molecule has 492 valence electrons. The van der Waals surface area contributed by atoms with E-state index >= 15 is 0 Å². The molecule has 1 aromatic heterocycles. The first kappa shape index (κ1) is 72.7. The Labute approximate surface area is 548 Å². The number of ether oxygens (including phenoxy) is 5. The van der Waals surface area contributed by atoms with E-state index in [1.54, 1.807) is 51.2 Å². The molecule has 0 radical (unpaired) electrons. The molecule has 22 nitrogen and oxygen atoms in total. The molecule has 4 heterocycles. The van der Waals surface area contributed by atoms with Crippen LogP contribution in [0, 0.1) is 30.6 Å². The SMILES string of the molecule is CO[C@@H]1/C=C/C=C(\C)Cc2cc(C)c(Cl)c(c2)N(C)C(=O)C[C@H](OC(=O)[C@H](C)N(C)C(=O)c2ccc(CC(=O)[C@H](CCCNC(N)=O)NC(=O)[C@@H](CC(=O)CCCCCOC(=O)C(CBr)CBr)C(C)C)c3cccnc23)[C@]2(C)O[C@H]2[C@H](C)[C@@H]2C[C@@]1(O)NC(=O)O2. The van der Waals surface area contributed by atoms with Crippen LogP contribution in [0.15, 0.2) is 66.4 Å². The molecule has 3 aliphatic rings. The number of hydrogen-bond acceptors (Lipinski definition) is 16. The van der Waals surface area contributed by atoms with Crippen molar-refractivity contribution in [1.82, 2.24) is 25.8 Å². The summed E-state index contributed by atoms with van der Waals surface area (Å²) in [7, 11) is 4.41. The van der Waals surface area contributed by atoms with Crippen LogP contribution in [0.3, 0.4) is 0 Å². The molecular weight excluding hydrogens is 1310 g/mol. The van der Waals surface area contributed by atoms with Gasteiger partial charge in [0, 0.05) is 87.5 Å². The molecule has 90 heavy (non-hydrogen) atoms. The molecule has 0 saturated carbocycles. The van der Waals surface area contributed by atoms with Crippen molar-refractivity contribution >= 4 is 113 Å². The number of halogens is 3. The largest absolute Gasteiger partial charge is 0.465 e. The number of primary amides is 1. The summed E-state index contributed by atoms with van der Waals surface area (Å²) < 4.78 is 29.5. The lowest BCUT2D eigenvalue weighted by atomic mass is 9.83. The first-order valence-corrected chi connectivity index (χ1v) is 33.0. The van der Waals surface area contributed by atoms with Crippen LogP contribution in [-0.4, -0.2) is 161 Å².